The minimum absolute atomic E-state index is 0.0978. The van der Waals surface area contributed by atoms with Gasteiger partial charge in [-0.2, -0.15) is 0 Å². The minimum atomic E-state index is -0.591. The Morgan fingerprint density at radius 2 is 1.73 bits per heavy atom. The summed E-state index contributed by atoms with van der Waals surface area (Å²) in [7, 11) is 0. The van der Waals surface area contributed by atoms with Crippen LogP contribution in [-0.4, -0.2) is 84.3 Å². The van der Waals surface area contributed by atoms with E-state index in [-0.39, 0.29) is 29.2 Å². The van der Waals surface area contributed by atoms with E-state index in [0.29, 0.717) is 38.4 Å². The quantitative estimate of drug-likeness (QED) is 0.673. The van der Waals surface area contributed by atoms with E-state index in [1.165, 1.54) is 18.6 Å². The number of imide groups is 1. The van der Waals surface area contributed by atoms with Crippen molar-refractivity contribution in [3.63, 3.8) is 0 Å². The van der Waals surface area contributed by atoms with E-state index in [9.17, 15) is 18.8 Å². The van der Waals surface area contributed by atoms with Crippen molar-refractivity contribution in [2.45, 2.75) is 31.7 Å². The molecule has 4 rings (SSSR count). The number of rotatable bonds is 4. The molecule has 3 heterocycles. The second kappa shape index (κ2) is 8.99. The summed E-state index contributed by atoms with van der Waals surface area (Å²) < 4.78 is 13.4. The number of carbonyl (C=O) groups excluding carboxylic acids is 3. The topological polar surface area (TPSA) is 64.2 Å². The lowest BCUT2D eigenvalue weighted by Crippen LogP contribution is -2.54. The number of halogens is 2. The summed E-state index contributed by atoms with van der Waals surface area (Å²) in [6.07, 6.45) is 3.44. The van der Waals surface area contributed by atoms with E-state index in [0.717, 1.165) is 36.9 Å². The zero-order valence-electron chi connectivity index (χ0n) is 16.9. The average molecular weight is 437 g/mol. The summed E-state index contributed by atoms with van der Waals surface area (Å²) in [6, 6.07) is 3.33. The van der Waals surface area contributed by atoms with Crippen molar-refractivity contribution < 1.29 is 18.8 Å². The van der Waals surface area contributed by atoms with E-state index in [2.05, 4.69) is 4.90 Å². The smallest absolute Gasteiger partial charge is 0.251 e. The van der Waals surface area contributed by atoms with Crippen molar-refractivity contribution >= 4 is 35.0 Å². The summed E-state index contributed by atoms with van der Waals surface area (Å²) in [5.74, 6) is -1.03. The van der Waals surface area contributed by atoms with Crippen LogP contribution < -0.4 is 4.90 Å². The maximum Gasteiger partial charge on any atom is 0.251 e. The Kier molecular flexibility index (Phi) is 6.36. The molecule has 7 nitrogen and oxygen atoms in total. The molecule has 1 atom stereocenters. The standard InChI is InChI=1S/C21H26ClFN4O3/c22-16-12-15(4-5-17(16)23)27-19(28)13-18(21(27)30)25-10-8-24(9-11-25)14-20(29)26-6-2-1-3-7-26/h4-5,12,18H,1-3,6-11,13-14H2/t18-/m1/s1. The van der Waals surface area contributed by atoms with Crippen LogP contribution in [0.5, 0.6) is 0 Å². The number of carbonyl (C=O) groups is 3. The van der Waals surface area contributed by atoms with Crippen molar-refractivity contribution in [1.29, 1.82) is 0 Å². The van der Waals surface area contributed by atoms with Gasteiger partial charge in [0, 0.05) is 39.3 Å². The fourth-order valence-corrected chi connectivity index (χ4v) is 4.64. The third kappa shape index (κ3) is 4.36. The van der Waals surface area contributed by atoms with Crippen LogP contribution in [0.25, 0.3) is 0 Å². The largest absolute Gasteiger partial charge is 0.342 e. The van der Waals surface area contributed by atoms with Crippen LogP contribution in [-0.2, 0) is 14.4 Å². The van der Waals surface area contributed by atoms with Gasteiger partial charge in [-0.3, -0.25) is 24.2 Å². The molecule has 3 fully saturated rings. The highest BCUT2D eigenvalue weighted by molar-refractivity contribution is 6.31. The molecule has 3 aliphatic heterocycles. The van der Waals surface area contributed by atoms with E-state index in [4.69, 9.17) is 11.6 Å². The van der Waals surface area contributed by atoms with Gasteiger partial charge in [0.15, 0.2) is 0 Å². The highest BCUT2D eigenvalue weighted by atomic mass is 35.5. The number of nitrogens with zero attached hydrogens (tertiary/aromatic N) is 4. The summed E-state index contributed by atoms with van der Waals surface area (Å²) >= 11 is 5.82. The Labute approximate surface area is 180 Å². The average Bonchev–Trinajstić information content (AvgIpc) is 3.05. The molecule has 0 aliphatic carbocycles. The fraction of sp³-hybridized carbons (Fsp3) is 0.571. The molecule has 1 aromatic carbocycles. The molecule has 0 spiro atoms. The highest BCUT2D eigenvalue weighted by Gasteiger charge is 2.43. The number of benzene rings is 1. The molecule has 3 aliphatic rings. The van der Waals surface area contributed by atoms with Gasteiger partial charge >= 0.3 is 0 Å². The maximum atomic E-state index is 13.4. The normalized spacial score (nSPS) is 24.0. The summed E-state index contributed by atoms with van der Waals surface area (Å²) in [4.78, 5) is 45.1. The predicted octanol–water partition coefficient (Wildman–Crippen LogP) is 1.74. The Balaban J connectivity index is 1.33. The molecular formula is C21H26ClFN4O3. The van der Waals surface area contributed by atoms with Gasteiger partial charge in [-0.25, -0.2) is 9.29 Å². The highest BCUT2D eigenvalue weighted by Crippen LogP contribution is 2.29. The van der Waals surface area contributed by atoms with Gasteiger partial charge in [0.25, 0.3) is 5.91 Å². The lowest BCUT2D eigenvalue weighted by molar-refractivity contribution is -0.134. The van der Waals surface area contributed by atoms with E-state index in [1.807, 2.05) is 9.80 Å². The number of amides is 3. The number of likely N-dealkylation sites (tertiary alicyclic amines) is 1. The second-order valence-corrected chi connectivity index (χ2v) is 8.55. The summed E-state index contributed by atoms with van der Waals surface area (Å²) in [5.41, 5.74) is 0.296. The van der Waals surface area contributed by atoms with Gasteiger partial charge in [0.05, 0.1) is 29.7 Å². The van der Waals surface area contributed by atoms with Crippen LogP contribution in [0.1, 0.15) is 25.7 Å². The SMILES string of the molecule is O=C(CN1CCN([C@@H]2CC(=O)N(c3ccc(F)c(Cl)c3)C2=O)CC1)N1CCCCC1. The molecule has 0 bridgehead atoms. The Morgan fingerprint density at radius 3 is 2.40 bits per heavy atom. The van der Waals surface area contributed by atoms with Gasteiger partial charge in [0.1, 0.15) is 5.82 Å². The first-order valence-electron chi connectivity index (χ1n) is 10.5. The molecule has 162 valence electrons. The van der Waals surface area contributed by atoms with Crippen molar-refractivity contribution in [3.8, 4) is 0 Å². The number of hydrogen-bond acceptors (Lipinski definition) is 5. The lowest BCUT2D eigenvalue weighted by Gasteiger charge is -2.37. The molecule has 30 heavy (non-hydrogen) atoms. The van der Waals surface area contributed by atoms with Gasteiger partial charge in [-0.15, -0.1) is 0 Å². The molecule has 0 saturated carbocycles. The van der Waals surface area contributed by atoms with Gasteiger partial charge in [0.2, 0.25) is 11.8 Å². The van der Waals surface area contributed by atoms with Gasteiger partial charge in [-0.1, -0.05) is 11.6 Å². The van der Waals surface area contributed by atoms with Crippen LogP contribution in [0.3, 0.4) is 0 Å². The van der Waals surface area contributed by atoms with Crippen LogP contribution in [0.15, 0.2) is 18.2 Å². The zero-order chi connectivity index (χ0) is 21.3. The summed E-state index contributed by atoms with van der Waals surface area (Å²) in [6.45, 7) is 4.71. The third-order valence-corrected chi connectivity index (χ3v) is 6.49. The van der Waals surface area contributed by atoms with Crippen molar-refractivity contribution in [2.75, 3.05) is 50.7 Å². The van der Waals surface area contributed by atoms with E-state index in [1.54, 1.807) is 0 Å². The Hall–Kier alpha value is -2.03. The minimum Gasteiger partial charge on any atom is -0.342 e. The molecular weight excluding hydrogens is 411 g/mol. The van der Waals surface area contributed by atoms with Gasteiger partial charge in [-0.05, 0) is 37.5 Å². The molecule has 3 amide bonds. The van der Waals surface area contributed by atoms with Crippen molar-refractivity contribution in [1.82, 2.24) is 14.7 Å². The molecule has 1 aromatic rings. The summed E-state index contributed by atoms with van der Waals surface area (Å²) in [5, 5.41) is -0.122. The predicted molar refractivity (Wildman–Crippen MR) is 111 cm³/mol. The molecule has 0 N–H and O–H groups in total. The van der Waals surface area contributed by atoms with Crippen LogP contribution in [0.4, 0.5) is 10.1 Å². The second-order valence-electron chi connectivity index (χ2n) is 8.14. The lowest BCUT2D eigenvalue weighted by atomic mass is 10.1. The molecule has 9 heteroatoms. The third-order valence-electron chi connectivity index (χ3n) is 6.20. The Morgan fingerprint density at radius 1 is 1.03 bits per heavy atom. The zero-order valence-corrected chi connectivity index (χ0v) is 17.6. The monoisotopic (exact) mass is 436 g/mol. The van der Waals surface area contributed by atoms with E-state index >= 15 is 0 Å². The van der Waals surface area contributed by atoms with Crippen LogP contribution in [0, 0.1) is 5.82 Å². The van der Waals surface area contributed by atoms with Crippen LogP contribution in [0.2, 0.25) is 5.02 Å². The number of piperazine rings is 1. The number of hydrogen-bond donors (Lipinski definition) is 0. The molecule has 0 aromatic heterocycles. The molecule has 0 radical (unpaired) electrons. The van der Waals surface area contributed by atoms with Crippen molar-refractivity contribution in [2.24, 2.45) is 0 Å². The van der Waals surface area contributed by atoms with Crippen molar-refractivity contribution in [3.05, 3.63) is 29.0 Å². The van der Waals surface area contributed by atoms with E-state index < -0.39 is 11.9 Å². The number of anilines is 1. The Bertz CT molecular complexity index is 838. The number of piperidine rings is 1. The van der Waals surface area contributed by atoms with Crippen LogP contribution >= 0.6 is 11.6 Å². The maximum absolute atomic E-state index is 13.4. The molecule has 0 unspecified atom stereocenters. The first-order valence-corrected chi connectivity index (χ1v) is 10.9. The first-order chi connectivity index (χ1) is 14.4. The van der Waals surface area contributed by atoms with Gasteiger partial charge < -0.3 is 4.90 Å². The fourth-order valence-electron chi connectivity index (χ4n) is 4.46. The first kappa shape index (κ1) is 21.2. The molecule has 3 saturated heterocycles.